The first-order valence-electron chi connectivity index (χ1n) is 11.9. The second-order valence-electron chi connectivity index (χ2n) is 8.38. The zero-order valence-electron chi connectivity index (χ0n) is 20.4. The lowest BCUT2D eigenvalue weighted by Crippen LogP contribution is -2.31. The third-order valence-electron chi connectivity index (χ3n) is 5.67. The minimum Gasteiger partial charge on any atom is -0.466 e. The molecule has 4 rings (SSSR count). The maximum absolute atomic E-state index is 13.7. The van der Waals surface area contributed by atoms with Gasteiger partial charge in [-0.15, -0.1) is 0 Å². The number of hydrogen-bond acceptors (Lipinski definition) is 5. The molecule has 0 atom stereocenters. The van der Waals surface area contributed by atoms with Crippen LogP contribution in [0.4, 0.5) is 10.5 Å². The maximum Gasteiger partial charge on any atom is 0.319 e. The number of ether oxygens (including phenoxy) is 1. The molecule has 0 bridgehead atoms. The number of halogens is 1. The van der Waals surface area contributed by atoms with Crippen molar-refractivity contribution < 1.29 is 14.3 Å². The van der Waals surface area contributed by atoms with Crippen LogP contribution in [-0.2, 0) is 22.5 Å². The average Bonchev–Trinajstić information content (AvgIpc) is 2.88. The smallest absolute Gasteiger partial charge is 0.319 e. The molecule has 0 aliphatic carbocycles. The second-order valence-corrected chi connectivity index (χ2v) is 8.81. The van der Waals surface area contributed by atoms with Crippen molar-refractivity contribution in [2.24, 2.45) is 0 Å². The Morgan fingerprint density at radius 1 is 1.00 bits per heavy atom. The predicted octanol–water partition coefficient (Wildman–Crippen LogP) is 4.76. The maximum atomic E-state index is 13.7. The monoisotopic (exact) mass is 518 g/mol. The third kappa shape index (κ3) is 6.95. The number of esters is 1. The van der Waals surface area contributed by atoms with Gasteiger partial charge in [-0.25, -0.2) is 9.78 Å². The number of rotatable bonds is 9. The highest BCUT2D eigenvalue weighted by Crippen LogP contribution is 2.18. The van der Waals surface area contributed by atoms with Crippen LogP contribution in [0.5, 0.6) is 0 Å². The standard InChI is InChI=1S/C28H27ClN4O4/c1-2-37-26(34)14-15-30-28(36)31-22-12-13-24-23(17-22)27(35)33(18-20-8-10-21(29)11-9-20)25(32-24)16-19-6-4-3-5-7-19/h3-13,17H,2,14-16,18H2,1H3,(H2,30,31,36). The number of hydrogen-bond donors (Lipinski definition) is 2. The molecular formula is C28H27ClN4O4. The fourth-order valence-electron chi connectivity index (χ4n) is 3.88. The molecule has 0 spiro atoms. The summed E-state index contributed by atoms with van der Waals surface area (Å²) in [6.07, 6.45) is 0.560. The minimum absolute atomic E-state index is 0.0719. The van der Waals surface area contributed by atoms with E-state index in [4.69, 9.17) is 21.3 Å². The van der Waals surface area contributed by atoms with E-state index in [0.29, 0.717) is 47.0 Å². The highest BCUT2D eigenvalue weighted by Gasteiger charge is 2.14. The summed E-state index contributed by atoms with van der Waals surface area (Å²) in [5, 5.41) is 6.31. The Labute approximate surface area is 219 Å². The molecule has 0 saturated carbocycles. The summed E-state index contributed by atoms with van der Waals surface area (Å²) in [4.78, 5) is 42.2. The van der Waals surface area contributed by atoms with Gasteiger partial charge in [0, 0.05) is 23.7 Å². The number of benzene rings is 3. The molecule has 0 saturated heterocycles. The van der Waals surface area contributed by atoms with Crippen molar-refractivity contribution in [1.82, 2.24) is 14.9 Å². The molecule has 1 heterocycles. The van der Waals surface area contributed by atoms with E-state index in [-0.39, 0.29) is 24.5 Å². The number of nitrogens with one attached hydrogen (secondary N) is 2. The molecule has 0 fully saturated rings. The molecule has 3 aromatic carbocycles. The summed E-state index contributed by atoms with van der Waals surface area (Å²) in [5.74, 6) is 0.253. The quantitative estimate of drug-likeness (QED) is 0.311. The van der Waals surface area contributed by atoms with Crippen LogP contribution >= 0.6 is 11.6 Å². The summed E-state index contributed by atoms with van der Waals surface area (Å²) < 4.78 is 6.50. The molecule has 0 aliphatic rings. The Hall–Kier alpha value is -4.17. The molecule has 8 nitrogen and oxygen atoms in total. The van der Waals surface area contributed by atoms with Crippen LogP contribution in [0.25, 0.3) is 10.9 Å². The predicted molar refractivity (Wildman–Crippen MR) is 144 cm³/mol. The summed E-state index contributed by atoms with van der Waals surface area (Å²) in [6, 6.07) is 21.7. The Morgan fingerprint density at radius 2 is 1.76 bits per heavy atom. The normalized spacial score (nSPS) is 10.8. The minimum atomic E-state index is -0.487. The number of anilines is 1. The van der Waals surface area contributed by atoms with Gasteiger partial charge in [-0.05, 0) is 48.4 Å². The molecule has 0 aliphatic heterocycles. The Balaban J connectivity index is 1.62. The highest BCUT2D eigenvalue weighted by molar-refractivity contribution is 6.30. The van der Waals surface area contributed by atoms with Crippen molar-refractivity contribution in [2.75, 3.05) is 18.5 Å². The van der Waals surface area contributed by atoms with Gasteiger partial charge in [0.25, 0.3) is 5.56 Å². The molecular weight excluding hydrogens is 492 g/mol. The van der Waals surface area contributed by atoms with Crippen LogP contribution in [0.2, 0.25) is 5.02 Å². The third-order valence-corrected chi connectivity index (χ3v) is 5.92. The topological polar surface area (TPSA) is 102 Å². The van der Waals surface area contributed by atoms with Crippen LogP contribution < -0.4 is 16.2 Å². The van der Waals surface area contributed by atoms with E-state index < -0.39 is 6.03 Å². The van der Waals surface area contributed by atoms with Crippen molar-refractivity contribution in [2.45, 2.75) is 26.3 Å². The van der Waals surface area contributed by atoms with Crippen molar-refractivity contribution in [1.29, 1.82) is 0 Å². The Bertz CT molecular complexity index is 1450. The lowest BCUT2D eigenvalue weighted by Gasteiger charge is -2.15. The number of nitrogens with zero attached hydrogens (tertiary/aromatic N) is 2. The number of fused-ring (bicyclic) bond motifs is 1. The van der Waals surface area contributed by atoms with E-state index in [2.05, 4.69) is 10.6 Å². The van der Waals surface area contributed by atoms with Gasteiger partial charge in [0.1, 0.15) is 5.82 Å². The lowest BCUT2D eigenvalue weighted by molar-refractivity contribution is -0.142. The molecule has 190 valence electrons. The van der Waals surface area contributed by atoms with E-state index in [1.807, 2.05) is 42.5 Å². The van der Waals surface area contributed by atoms with E-state index in [9.17, 15) is 14.4 Å². The van der Waals surface area contributed by atoms with Gasteiger partial charge < -0.3 is 15.4 Å². The Kier molecular flexibility index (Phi) is 8.53. The fraction of sp³-hybridized carbons (Fsp3) is 0.214. The van der Waals surface area contributed by atoms with Gasteiger partial charge in [-0.1, -0.05) is 54.1 Å². The van der Waals surface area contributed by atoms with Crippen molar-refractivity contribution in [3.63, 3.8) is 0 Å². The molecule has 1 aromatic heterocycles. The number of urea groups is 1. The van der Waals surface area contributed by atoms with Crippen molar-refractivity contribution in [3.05, 3.63) is 105 Å². The number of carbonyl (C=O) groups excluding carboxylic acids is 2. The molecule has 2 amide bonds. The summed E-state index contributed by atoms with van der Waals surface area (Å²) in [6.45, 7) is 2.48. The highest BCUT2D eigenvalue weighted by atomic mass is 35.5. The first kappa shape index (κ1) is 25.9. The van der Waals surface area contributed by atoms with E-state index >= 15 is 0 Å². The van der Waals surface area contributed by atoms with Gasteiger partial charge >= 0.3 is 12.0 Å². The van der Waals surface area contributed by atoms with E-state index in [1.165, 1.54) is 0 Å². The van der Waals surface area contributed by atoms with Gasteiger partial charge in [0.15, 0.2) is 0 Å². The van der Waals surface area contributed by atoms with E-state index in [1.54, 1.807) is 41.8 Å². The largest absolute Gasteiger partial charge is 0.466 e. The first-order chi connectivity index (χ1) is 17.9. The van der Waals surface area contributed by atoms with Crippen LogP contribution in [0.3, 0.4) is 0 Å². The Morgan fingerprint density at radius 3 is 2.49 bits per heavy atom. The molecule has 0 unspecified atom stereocenters. The number of aromatic nitrogens is 2. The zero-order valence-corrected chi connectivity index (χ0v) is 21.1. The molecule has 9 heteroatoms. The van der Waals surface area contributed by atoms with Gasteiger partial charge in [-0.2, -0.15) is 0 Å². The van der Waals surface area contributed by atoms with Crippen LogP contribution in [0.1, 0.15) is 30.3 Å². The summed E-state index contributed by atoms with van der Waals surface area (Å²) in [7, 11) is 0. The van der Waals surface area contributed by atoms with Crippen molar-refractivity contribution >= 4 is 40.2 Å². The van der Waals surface area contributed by atoms with Crippen LogP contribution in [0.15, 0.2) is 77.6 Å². The van der Waals surface area contributed by atoms with Gasteiger partial charge in [0.05, 0.1) is 30.5 Å². The molecule has 0 radical (unpaired) electrons. The SMILES string of the molecule is CCOC(=O)CCNC(=O)Nc1ccc2nc(Cc3ccccc3)n(Cc3ccc(Cl)cc3)c(=O)c2c1. The number of carbonyl (C=O) groups is 2. The average molecular weight is 519 g/mol. The summed E-state index contributed by atoms with van der Waals surface area (Å²) in [5.41, 5.74) is 2.72. The first-order valence-corrected chi connectivity index (χ1v) is 12.3. The van der Waals surface area contributed by atoms with Gasteiger partial charge in [0.2, 0.25) is 0 Å². The molecule has 4 aromatic rings. The van der Waals surface area contributed by atoms with Gasteiger partial charge in [-0.3, -0.25) is 14.2 Å². The summed E-state index contributed by atoms with van der Waals surface area (Å²) >= 11 is 6.04. The zero-order chi connectivity index (χ0) is 26.2. The van der Waals surface area contributed by atoms with E-state index in [0.717, 1.165) is 11.1 Å². The van der Waals surface area contributed by atoms with Crippen LogP contribution in [0, 0.1) is 0 Å². The lowest BCUT2D eigenvalue weighted by atomic mass is 10.1. The van der Waals surface area contributed by atoms with Crippen molar-refractivity contribution in [3.8, 4) is 0 Å². The van der Waals surface area contributed by atoms with Crippen LogP contribution in [-0.4, -0.2) is 34.7 Å². The second kappa shape index (κ2) is 12.2. The number of amides is 2. The fourth-order valence-corrected chi connectivity index (χ4v) is 4.01. The molecule has 2 N–H and O–H groups in total. The molecule has 37 heavy (non-hydrogen) atoms.